The molecule has 10 heteroatoms. The number of hydrogen-bond acceptors (Lipinski definition) is 7. The summed E-state index contributed by atoms with van der Waals surface area (Å²) in [4.78, 5) is 21.0. The van der Waals surface area contributed by atoms with Crippen molar-refractivity contribution in [3.8, 4) is 0 Å². The van der Waals surface area contributed by atoms with Gasteiger partial charge in [-0.15, -0.1) is 0 Å². The third-order valence-electron chi connectivity index (χ3n) is 4.67. The van der Waals surface area contributed by atoms with Crippen molar-refractivity contribution in [3.05, 3.63) is 46.8 Å². The molecular weight excluding hydrogens is 358 g/mol. The molecule has 3 aromatic rings. The summed E-state index contributed by atoms with van der Waals surface area (Å²) in [5, 5.41) is 7.78. The molecule has 1 aromatic carbocycles. The topological polar surface area (TPSA) is 80.3 Å². The van der Waals surface area contributed by atoms with E-state index in [1.54, 1.807) is 12.3 Å². The fourth-order valence-electron chi connectivity index (χ4n) is 3.27. The van der Waals surface area contributed by atoms with Gasteiger partial charge in [0.15, 0.2) is 0 Å². The van der Waals surface area contributed by atoms with Crippen LogP contribution in [-0.2, 0) is 13.1 Å². The number of benzene rings is 1. The summed E-state index contributed by atoms with van der Waals surface area (Å²) >= 11 is 0. The fraction of sp³-hybridized carbons (Fsp3) is 0.412. The Morgan fingerprint density at radius 2 is 2.00 bits per heavy atom. The molecule has 1 aliphatic heterocycles. The molecule has 2 aromatic heterocycles. The Hall–Kier alpha value is -2.88. The molecule has 0 spiro atoms. The average Bonchev–Trinajstić information content (AvgIpc) is 3.17. The van der Waals surface area contributed by atoms with Crippen molar-refractivity contribution >= 4 is 16.6 Å². The van der Waals surface area contributed by atoms with E-state index in [9.17, 15) is 13.6 Å². The highest BCUT2D eigenvalue weighted by Crippen LogP contribution is 2.21. The van der Waals surface area contributed by atoms with Crippen molar-refractivity contribution in [1.82, 2.24) is 24.8 Å². The average molecular weight is 376 g/mol. The smallest absolute Gasteiger partial charge is 0.261 e. The van der Waals surface area contributed by atoms with Gasteiger partial charge in [0.25, 0.3) is 12.0 Å². The van der Waals surface area contributed by atoms with E-state index in [2.05, 4.69) is 29.7 Å². The second-order valence-electron chi connectivity index (χ2n) is 6.46. The van der Waals surface area contributed by atoms with Crippen LogP contribution in [0.1, 0.15) is 5.69 Å². The van der Waals surface area contributed by atoms with Crippen LogP contribution >= 0.6 is 0 Å². The molecule has 0 radical (unpaired) electrons. The van der Waals surface area contributed by atoms with E-state index < -0.39 is 18.5 Å². The zero-order valence-corrected chi connectivity index (χ0v) is 14.5. The minimum atomic E-state index is -2.59. The quantitative estimate of drug-likeness (QED) is 0.665. The van der Waals surface area contributed by atoms with Gasteiger partial charge in [0.2, 0.25) is 0 Å². The number of anilines is 1. The van der Waals surface area contributed by atoms with Gasteiger partial charge in [0.05, 0.1) is 30.0 Å². The molecule has 0 atom stereocenters. The van der Waals surface area contributed by atoms with Gasteiger partial charge in [-0.05, 0) is 18.2 Å². The number of rotatable bonds is 5. The first kappa shape index (κ1) is 17.5. The molecule has 1 saturated heterocycles. The Bertz CT molecular complexity index is 967. The Morgan fingerprint density at radius 3 is 2.70 bits per heavy atom. The summed E-state index contributed by atoms with van der Waals surface area (Å²) in [6, 6.07) is 5.34. The number of fused-ring (bicyclic) bond motifs is 1. The van der Waals surface area contributed by atoms with Crippen LogP contribution in [0.25, 0.3) is 10.9 Å². The highest BCUT2D eigenvalue weighted by atomic mass is 19.3. The van der Waals surface area contributed by atoms with E-state index in [1.807, 2.05) is 12.1 Å². The lowest BCUT2D eigenvalue weighted by molar-refractivity contribution is 0.125. The molecule has 8 nitrogen and oxygen atoms in total. The van der Waals surface area contributed by atoms with E-state index in [1.165, 1.54) is 6.33 Å². The first-order valence-corrected chi connectivity index (χ1v) is 8.61. The van der Waals surface area contributed by atoms with E-state index >= 15 is 0 Å². The lowest BCUT2D eigenvalue weighted by atomic mass is 10.2. The van der Waals surface area contributed by atoms with Crippen molar-refractivity contribution in [2.45, 2.75) is 19.5 Å². The molecule has 4 rings (SSSR count). The normalized spacial score (nSPS) is 15.7. The first-order valence-electron chi connectivity index (χ1n) is 8.61. The van der Waals surface area contributed by atoms with Gasteiger partial charge in [-0.25, -0.2) is 18.4 Å². The molecule has 0 amide bonds. The number of hydrogen-bond donors (Lipinski definition) is 0. The number of alkyl halides is 2. The van der Waals surface area contributed by atoms with Crippen LogP contribution < -0.4 is 10.5 Å². The largest absolute Gasteiger partial charge is 0.369 e. The van der Waals surface area contributed by atoms with Crippen LogP contribution in [0, 0.1) is 0 Å². The zero-order valence-electron chi connectivity index (χ0n) is 14.5. The van der Waals surface area contributed by atoms with Gasteiger partial charge in [-0.1, -0.05) is 10.3 Å². The molecule has 27 heavy (non-hydrogen) atoms. The van der Waals surface area contributed by atoms with Crippen LogP contribution in [0.3, 0.4) is 0 Å². The highest BCUT2D eigenvalue weighted by molar-refractivity contribution is 5.81. The SMILES string of the molecule is O=c1c2ccc(N3CCN(Cc4cnon4)CC3)cc2ncn1CC(F)F. The van der Waals surface area contributed by atoms with Gasteiger partial charge in [0, 0.05) is 38.4 Å². The third-order valence-corrected chi connectivity index (χ3v) is 4.67. The molecule has 0 aliphatic carbocycles. The maximum Gasteiger partial charge on any atom is 0.261 e. The number of nitrogens with zero attached hydrogens (tertiary/aromatic N) is 6. The number of aromatic nitrogens is 4. The van der Waals surface area contributed by atoms with E-state index in [4.69, 9.17) is 0 Å². The molecule has 1 fully saturated rings. The van der Waals surface area contributed by atoms with Crippen molar-refractivity contribution in [2.24, 2.45) is 0 Å². The van der Waals surface area contributed by atoms with Gasteiger partial charge >= 0.3 is 0 Å². The van der Waals surface area contributed by atoms with Crippen molar-refractivity contribution in [1.29, 1.82) is 0 Å². The third kappa shape index (κ3) is 3.80. The van der Waals surface area contributed by atoms with Crippen LogP contribution in [0.4, 0.5) is 14.5 Å². The molecule has 0 saturated carbocycles. The Kier molecular flexibility index (Phi) is 4.80. The zero-order chi connectivity index (χ0) is 18.8. The monoisotopic (exact) mass is 376 g/mol. The Labute approximate surface area is 153 Å². The second-order valence-corrected chi connectivity index (χ2v) is 6.46. The summed E-state index contributed by atoms with van der Waals surface area (Å²) < 4.78 is 30.7. The van der Waals surface area contributed by atoms with Crippen molar-refractivity contribution < 1.29 is 13.4 Å². The molecule has 0 N–H and O–H groups in total. The molecule has 0 unspecified atom stereocenters. The Morgan fingerprint density at radius 1 is 1.19 bits per heavy atom. The van der Waals surface area contributed by atoms with Crippen molar-refractivity contribution in [2.75, 3.05) is 31.1 Å². The lowest BCUT2D eigenvalue weighted by Gasteiger charge is -2.35. The minimum Gasteiger partial charge on any atom is -0.369 e. The summed E-state index contributed by atoms with van der Waals surface area (Å²) in [5.41, 5.74) is 1.83. The summed E-state index contributed by atoms with van der Waals surface area (Å²) in [6.07, 6.45) is 0.206. The van der Waals surface area contributed by atoms with Crippen molar-refractivity contribution in [3.63, 3.8) is 0 Å². The molecule has 0 bridgehead atoms. The Balaban J connectivity index is 1.47. The van der Waals surface area contributed by atoms with E-state index in [0.29, 0.717) is 17.4 Å². The van der Waals surface area contributed by atoms with Crippen LogP contribution in [-0.4, -0.2) is 57.4 Å². The predicted octanol–water partition coefficient (Wildman–Crippen LogP) is 1.37. The first-order chi connectivity index (χ1) is 13.1. The standard InChI is InChI=1S/C17H18F2N6O2/c18-16(19)10-25-11-20-15-7-13(1-2-14(15)17(25)26)24-5-3-23(4-6-24)9-12-8-21-27-22-12/h1-2,7-8,11,16H,3-6,9-10H2. The van der Waals surface area contributed by atoms with E-state index in [0.717, 1.165) is 42.1 Å². The molecular formula is C17H18F2N6O2. The van der Waals surface area contributed by atoms with Crippen LogP contribution in [0.15, 0.2) is 40.1 Å². The highest BCUT2D eigenvalue weighted by Gasteiger charge is 2.19. The summed E-state index contributed by atoms with van der Waals surface area (Å²) in [5.74, 6) is 0. The summed E-state index contributed by atoms with van der Waals surface area (Å²) in [7, 11) is 0. The predicted molar refractivity (Wildman–Crippen MR) is 93.8 cm³/mol. The van der Waals surface area contributed by atoms with Gasteiger partial charge in [-0.2, -0.15) is 0 Å². The second kappa shape index (κ2) is 7.39. The van der Waals surface area contributed by atoms with Crippen LogP contribution in [0.5, 0.6) is 0 Å². The lowest BCUT2D eigenvalue weighted by Crippen LogP contribution is -2.46. The van der Waals surface area contributed by atoms with Crippen LogP contribution in [0.2, 0.25) is 0 Å². The number of halogens is 2. The summed E-state index contributed by atoms with van der Waals surface area (Å²) in [6.45, 7) is 3.40. The van der Waals surface area contributed by atoms with E-state index in [-0.39, 0.29) is 0 Å². The maximum absolute atomic E-state index is 12.5. The van der Waals surface area contributed by atoms with Gasteiger partial charge < -0.3 is 4.90 Å². The fourth-order valence-corrected chi connectivity index (χ4v) is 3.27. The maximum atomic E-state index is 12.5. The van der Waals surface area contributed by atoms with Gasteiger partial charge in [-0.3, -0.25) is 14.3 Å². The molecule has 142 valence electrons. The van der Waals surface area contributed by atoms with Gasteiger partial charge in [0.1, 0.15) is 5.69 Å². The number of piperazine rings is 1. The minimum absolute atomic E-state index is 0.346. The molecule has 1 aliphatic rings. The molecule has 3 heterocycles.